The molecule has 0 spiro atoms. The number of aromatic nitrogens is 2. The third kappa shape index (κ3) is 3.36. The van der Waals surface area contributed by atoms with Crippen LogP contribution >= 0.6 is 0 Å². The Kier molecular flexibility index (Phi) is 4.06. The summed E-state index contributed by atoms with van der Waals surface area (Å²) in [6.45, 7) is 0.0799. The second-order valence-corrected chi connectivity index (χ2v) is 5.37. The van der Waals surface area contributed by atoms with Gasteiger partial charge in [-0.1, -0.05) is 0 Å². The first-order valence-electron chi connectivity index (χ1n) is 7.13. The van der Waals surface area contributed by atoms with Gasteiger partial charge >= 0.3 is 0 Å². The lowest BCUT2D eigenvalue weighted by Gasteiger charge is -2.05. The molecule has 0 saturated heterocycles. The minimum atomic E-state index is -0.658. The zero-order valence-corrected chi connectivity index (χ0v) is 12.5. The van der Waals surface area contributed by atoms with Crippen LogP contribution in [-0.4, -0.2) is 15.5 Å². The number of carbonyl (C=O) groups excluding carboxylic acids is 1. The molecule has 0 fully saturated rings. The van der Waals surface area contributed by atoms with Crippen LogP contribution in [0.2, 0.25) is 0 Å². The van der Waals surface area contributed by atoms with Crippen molar-refractivity contribution in [3.05, 3.63) is 65.5 Å². The van der Waals surface area contributed by atoms with Crippen LogP contribution in [0, 0.1) is 11.6 Å². The SMILES string of the molecule is Cn1cc(CC(=O)NCc2cc(F)cc(F)c2)c2cccnc21. The minimum Gasteiger partial charge on any atom is -0.352 e. The first-order valence-corrected chi connectivity index (χ1v) is 7.13. The van der Waals surface area contributed by atoms with Crippen molar-refractivity contribution >= 4 is 16.9 Å². The molecule has 118 valence electrons. The number of rotatable bonds is 4. The van der Waals surface area contributed by atoms with Crippen molar-refractivity contribution in [2.75, 3.05) is 0 Å². The lowest BCUT2D eigenvalue weighted by molar-refractivity contribution is -0.120. The smallest absolute Gasteiger partial charge is 0.224 e. The number of hydrogen-bond acceptors (Lipinski definition) is 2. The van der Waals surface area contributed by atoms with Gasteiger partial charge in [-0.25, -0.2) is 13.8 Å². The monoisotopic (exact) mass is 315 g/mol. The Morgan fingerprint density at radius 1 is 1.26 bits per heavy atom. The van der Waals surface area contributed by atoms with Crippen LogP contribution in [0.15, 0.2) is 42.7 Å². The number of benzene rings is 1. The van der Waals surface area contributed by atoms with E-state index in [1.165, 1.54) is 12.1 Å². The Hall–Kier alpha value is -2.76. The first-order chi connectivity index (χ1) is 11.0. The summed E-state index contributed by atoms with van der Waals surface area (Å²) in [5, 5.41) is 3.59. The van der Waals surface area contributed by atoms with Crippen LogP contribution in [0.5, 0.6) is 0 Å². The second-order valence-electron chi connectivity index (χ2n) is 5.37. The predicted molar refractivity (Wildman–Crippen MR) is 82.6 cm³/mol. The van der Waals surface area contributed by atoms with Crippen LogP contribution in [0.1, 0.15) is 11.1 Å². The van der Waals surface area contributed by atoms with E-state index in [1.807, 2.05) is 29.9 Å². The molecule has 2 heterocycles. The van der Waals surface area contributed by atoms with Gasteiger partial charge in [-0.3, -0.25) is 4.79 Å². The zero-order valence-electron chi connectivity index (χ0n) is 12.5. The molecule has 0 radical (unpaired) electrons. The van der Waals surface area contributed by atoms with Gasteiger partial charge in [-0.2, -0.15) is 0 Å². The molecule has 6 heteroatoms. The number of halogens is 2. The average Bonchev–Trinajstić information content (AvgIpc) is 2.81. The van der Waals surface area contributed by atoms with Crippen molar-refractivity contribution in [1.29, 1.82) is 0 Å². The number of amides is 1. The van der Waals surface area contributed by atoms with Gasteiger partial charge in [0.1, 0.15) is 17.3 Å². The first kappa shape index (κ1) is 15.1. The number of pyridine rings is 1. The lowest BCUT2D eigenvalue weighted by Crippen LogP contribution is -2.24. The summed E-state index contributed by atoms with van der Waals surface area (Å²) in [6.07, 6.45) is 3.74. The standard InChI is InChI=1S/C17H15F2N3O/c1-22-10-12(15-3-2-4-20-17(15)22)7-16(23)21-9-11-5-13(18)8-14(19)6-11/h2-6,8,10H,7,9H2,1H3,(H,21,23). The maximum atomic E-state index is 13.1. The van der Waals surface area contributed by atoms with Crippen LogP contribution < -0.4 is 5.32 Å². The van der Waals surface area contributed by atoms with Gasteiger partial charge in [0.05, 0.1) is 6.42 Å². The number of nitrogens with one attached hydrogen (secondary N) is 1. The highest BCUT2D eigenvalue weighted by Crippen LogP contribution is 2.18. The molecule has 2 aromatic heterocycles. The summed E-state index contributed by atoms with van der Waals surface area (Å²) in [4.78, 5) is 16.3. The quantitative estimate of drug-likeness (QED) is 0.805. The van der Waals surface area contributed by atoms with Crippen LogP contribution in [0.3, 0.4) is 0 Å². The molecule has 0 atom stereocenters. The van der Waals surface area contributed by atoms with Gasteiger partial charge in [0.15, 0.2) is 0 Å². The molecule has 0 unspecified atom stereocenters. The Morgan fingerprint density at radius 2 is 2.00 bits per heavy atom. The molecule has 1 N–H and O–H groups in total. The maximum Gasteiger partial charge on any atom is 0.224 e. The van der Waals surface area contributed by atoms with E-state index in [4.69, 9.17) is 0 Å². The van der Waals surface area contributed by atoms with Crippen molar-refractivity contribution in [3.63, 3.8) is 0 Å². The Morgan fingerprint density at radius 3 is 2.74 bits per heavy atom. The molecule has 3 rings (SSSR count). The average molecular weight is 315 g/mol. The van der Waals surface area contributed by atoms with E-state index >= 15 is 0 Å². The van der Waals surface area contributed by atoms with E-state index in [9.17, 15) is 13.6 Å². The van der Waals surface area contributed by atoms with E-state index in [2.05, 4.69) is 10.3 Å². The summed E-state index contributed by atoms with van der Waals surface area (Å²) >= 11 is 0. The maximum absolute atomic E-state index is 13.1. The number of hydrogen-bond donors (Lipinski definition) is 1. The van der Waals surface area contributed by atoms with E-state index in [0.29, 0.717) is 5.56 Å². The molecule has 4 nitrogen and oxygen atoms in total. The Balaban J connectivity index is 1.69. The molecule has 0 bridgehead atoms. The highest BCUT2D eigenvalue weighted by atomic mass is 19.1. The van der Waals surface area contributed by atoms with Gasteiger partial charge in [0, 0.05) is 37.4 Å². The topological polar surface area (TPSA) is 46.9 Å². The molecule has 3 aromatic rings. The predicted octanol–water partition coefficient (Wildman–Crippen LogP) is 2.71. The van der Waals surface area contributed by atoms with Crippen molar-refractivity contribution in [3.8, 4) is 0 Å². The summed E-state index contributed by atoms with van der Waals surface area (Å²) < 4.78 is 28.1. The summed E-state index contributed by atoms with van der Waals surface area (Å²) in [7, 11) is 1.87. The largest absolute Gasteiger partial charge is 0.352 e. The van der Waals surface area contributed by atoms with Crippen LogP contribution in [0.4, 0.5) is 8.78 Å². The summed E-state index contributed by atoms with van der Waals surface area (Å²) in [5.41, 5.74) is 2.05. The molecule has 0 aliphatic rings. The fourth-order valence-electron chi connectivity index (χ4n) is 2.58. The lowest BCUT2D eigenvalue weighted by atomic mass is 10.1. The van der Waals surface area contributed by atoms with E-state index in [0.717, 1.165) is 22.7 Å². The van der Waals surface area contributed by atoms with E-state index in [-0.39, 0.29) is 18.9 Å². The molecule has 0 saturated carbocycles. The molecule has 0 aliphatic heterocycles. The molecular weight excluding hydrogens is 300 g/mol. The Labute approximate surface area is 131 Å². The highest BCUT2D eigenvalue weighted by molar-refractivity contribution is 5.87. The summed E-state index contributed by atoms with van der Waals surface area (Å²) in [6, 6.07) is 6.93. The van der Waals surface area contributed by atoms with Gasteiger partial charge < -0.3 is 9.88 Å². The van der Waals surface area contributed by atoms with Crippen LogP contribution in [0.25, 0.3) is 11.0 Å². The van der Waals surface area contributed by atoms with E-state index < -0.39 is 11.6 Å². The van der Waals surface area contributed by atoms with Crippen LogP contribution in [-0.2, 0) is 24.8 Å². The molecule has 1 amide bonds. The van der Waals surface area contributed by atoms with Gasteiger partial charge in [0.25, 0.3) is 0 Å². The number of nitrogens with zero attached hydrogens (tertiary/aromatic N) is 2. The van der Waals surface area contributed by atoms with Gasteiger partial charge in [-0.15, -0.1) is 0 Å². The normalized spacial score (nSPS) is 10.9. The zero-order chi connectivity index (χ0) is 16.4. The number of fused-ring (bicyclic) bond motifs is 1. The Bertz CT molecular complexity index is 853. The third-order valence-corrected chi connectivity index (χ3v) is 3.58. The minimum absolute atomic E-state index is 0.0799. The second kappa shape index (κ2) is 6.16. The van der Waals surface area contributed by atoms with Crippen molar-refractivity contribution in [1.82, 2.24) is 14.9 Å². The van der Waals surface area contributed by atoms with Gasteiger partial charge in [0.2, 0.25) is 5.91 Å². The molecule has 0 aliphatic carbocycles. The highest BCUT2D eigenvalue weighted by Gasteiger charge is 2.11. The molecular formula is C17H15F2N3O. The summed E-state index contributed by atoms with van der Waals surface area (Å²) in [5.74, 6) is -1.53. The fraction of sp³-hybridized carbons (Fsp3) is 0.176. The third-order valence-electron chi connectivity index (χ3n) is 3.58. The van der Waals surface area contributed by atoms with Crippen molar-refractivity contribution in [2.24, 2.45) is 7.05 Å². The van der Waals surface area contributed by atoms with Gasteiger partial charge in [-0.05, 0) is 35.4 Å². The fourth-order valence-corrected chi connectivity index (χ4v) is 2.58. The number of aryl methyl sites for hydroxylation is 1. The van der Waals surface area contributed by atoms with Crippen molar-refractivity contribution in [2.45, 2.75) is 13.0 Å². The molecule has 23 heavy (non-hydrogen) atoms. The van der Waals surface area contributed by atoms with Crippen molar-refractivity contribution < 1.29 is 13.6 Å². The van der Waals surface area contributed by atoms with E-state index in [1.54, 1.807) is 6.20 Å². The molecule has 1 aromatic carbocycles. The number of carbonyl (C=O) groups is 1.